The fourth-order valence-corrected chi connectivity index (χ4v) is 2.55. The van der Waals surface area contributed by atoms with Crippen molar-refractivity contribution >= 4 is 29.9 Å². The summed E-state index contributed by atoms with van der Waals surface area (Å²) in [4.78, 5) is 9.05. The summed E-state index contributed by atoms with van der Waals surface area (Å²) in [5, 5.41) is 15.0. The molecule has 0 unspecified atom stereocenters. The van der Waals surface area contributed by atoms with Crippen LogP contribution in [0.5, 0.6) is 0 Å². The van der Waals surface area contributed by atoms with Gasteiger partial charge in [0.15, 0.2) is 11.8 Å². The van der Waals surface area contributed by atoms with Crippen LogP contribution in [0.4, 0.5) is 0 Å². The topological polar surface area (TPSA) is 80.0 Å². The molecule has 0 spiro atoms. The Labute approximate surface area is 182 Å². The van der Waals surface area contributed by atoms with E-state index in [1.807, 2.05) is 61.1 Å². The lowest BCUT2D eigenvalue weighted by Crippen LogP contribution is -2.38. The number of rotatable bonds is 7. The molecule has 28 heavy (non-hydrogen) atoms. The minimum Gasteiger partial charge on any atom is -0.356 e. The van der Waals surface area contributed by atoms with E-state index in [-0.39, 0.29) is 24.0 Å². The quantitative estimate of drug-likeness (QED) is 0.302. The molecule has 0 aliphatic carbocycles. The summed E-state index contributed by atoms with van der Waals surface area (Å²) in [6.45, 7) is 3.85. The highest BCUT2D eigenvalue weighted by Gasteiger charge is 2.06. The van der Waals surface area contributed by atoms with Crippen LogP contribution in [0.2, 0.25) is 0 Å². The van der Waals surface area contributed by atoms with E-state index in [0.717, 1.165) is 41.8 Å². The molecular formula is C20H26IN7. The van der Waals surface area contributed by atoms with Crippen molar-refractivity contribution in [2.24, 2.45) is 12.0 Å². The first-order valence-electron chi connectivity index (χ1n) is 9.03. The van der Waals surface area contributed by atoms with Gasteiger partial charge in [-0.2, -0.15) is 0 Å². The Morgan fingerprint density at radius 2 is 1.82 bits per heavy atom. The number of benzene rings is 1. The highest BCUT2D eigenvalue weighted by molar-refractivity contribution is 14.0. The van der Waals surface area contributed by atoms with Crippen molar-refractivity contribution in [3.8, 4) is 0 Å². The van der Waals surface area contributed by atoms with Crippen LogP contribution in [-0.4, -0.2) is 32.3 Å². The molecule has 0 atom stereocenters. The predicted octanol–water partition coefficient (Wildman–Crippen LogP) is 2.61. The Morgan fingerprint density at radius 1 is 1.04 bits per heavy atom. The molecule has 8 heteroatoms. The zero-order chi connectivity index (χ0) is 18.9. The zero-order valence-electron chi connectivity index (χ0n) is 16.2. The van der Waals surface area contributed by atoms with Crippen LogP contribution in [0.3, 0.4) is 0 Å². The van der Waals surface area contributed by atoms with Crippen molar-refractivity contribution in [3.05, 3.63) is 77.6 Å². The van der Waals surface area contributed by atoms with Gasteiger partial charge in [0.25, 0.3) is 0 Å². The maximum absolute atomic E-state index is 4.69. The molecule has 2 N–H and O–H groups in total. The number of guanidine groups is 1. The number of pyridine rings is 1. The van der Waals surface area contributed by atoms with Crippen molar-refractivity contribution in [1.82, 2.24) is 30.4 Å². The SMILES string of the molecule is Cc1nnc(CNC(=NCc2ccccc2)NCCc2ccccn2)n1C.I. The Balaban J connectivity index is 0.00000280. The summed E-state index contributed by atoms with van der Waals surface area (Å²) < 4.78 is 1.97. The van der Waals surface area contributed by atoms with Gasteiger partial charge in [0.2, 0.25) is 0 Å². The molecule has 3 rings (SSSR count). The molecule has 0 saturated heterocycles. The second-order valence-electron chi connectivity index (χ2n) is 6.22. The average molecular weight is 491 g/mol. The van der Waals surface area contributed by atoms with Crippen LogP contribution in [0.15, 0.2) is 59.7 Å². The number of aryl methyl sites for hydroxylation is 1. The highest BCUT2D eigenvalue weighted by Crippen LogP contribution is 2.01. The lowest BCUT2D eigenvalue weighted by Gasteiger charge is -2.12. The minimum absolute atomic E-state index is 0. The van der Waals surface area contributed by atoms with Crippen molar-refractivity contribution in [3.63, 3.8) is 0 Å². The lowest BCUT2D eigenvalue weighted by atomic mass is 10.2. The van der Waals surface area contributed by atoms with Gasteiger partial charge in [0.1, 0.15) is 5.82 Å². The van der Waals surface area contributed by atoms with E-state index in [2.05, 4.69) is 37.9 Å². The van der Waals surface area contributed by atoms with Crippen molar-refractivity contribution < 1.29 is 0 Å². The molecule has 2 aromatic heterocycles. The Bertz CT molecular complexity index is 863. The standard InChI is InChI=1S/C20H25N7.HI/c1-16-25-26-19(27(16)2)15-24-20(23-14-17-8-4-3-5-9-17)22-13-11-18-10-6-7-12-21-18;/h3-10,12H,11,13-15H2,1-2H3,(H2,22,23,24);1H. The lowest BCUT2D eigenvalue weighted by molar-refractivity contribution is 0.711. The summed E-state index contributed by atoms with van der Waals surface area (Å²) >= 11 is 0. The van der Waals surface area contributed by atoms with Crippen molar-refractivity contribution in [1.29, 1.82) is 0 Å². The Morgan fingerprint density at radius 3 is 2.50 bits per heavy atom. The maximum Gasteiger partial charge on any atom is 0.191 e. The number of halogens is 1. The smallest absolute Gasteiger partial charge is 0.191 e. The summed E-state index contributed by atoms with van der Waals surface area (Å²) in [6.07, 6.45) is 2.64. The normalized spacial score (nSPS) is 11.0. The zero-order valence-corrected chi connectivity index (χ0v) is 18.5. The van der Waals surface area contributed by atoms with Gasteiger partial charge in [-0.05, 0) is 24.6 Å². The first-order chi connectivity index (χ1) is 13.2. The van der Waals surface area contributed by atoms with Gasteiger partial charge in [-0.25, -0.2) is 4.99 Å². The van der Waals surface area contributed by atoms with Crippen LogP contribution < -0.4 is 10.6 Å². The van der Waals surface area contributed by atoms with E-state index in [1.54, 1.807) is 0 Å². The predicted molar refractivity (Wildman–Crippen MR) is 122 cm³/mol. The van der Waals surface area contributed by atoms with Gasteiger partial charge < -0.3 is 15.2 Å². The van der Waals surface area contributed by atoms with Crippen molar-refractivity contribution in [2.75, 3.05) is 6.54 Å². The van der Waals surface area contributed by atoms with Gasteiger partial charge >= 0.3 is 0 Å². The van der Waals surface area contributed by atoms with Gasteiger partial charge in [-0.15, -0.1) is 34.2 Å². The molecule has 3 aromatic rings. The molecular weight excluding hydrogens is 465 g/mol. The first kappa shape index (κ1) is 21.8. The maximum atomic E-state index is 4.69. The molecule has 0 bridgehead atoms. The number of nitrogens with one attached hydrogen (secondary N) is 2. The highest BCUT2D eigenvalue weighted by atomic mass is 127. The van der Waals surface area contributed by atoms with Crippen molar-refractivity contribution in [2.45, 2.75) is 26.4 Å². The van der Waals surface area contributed by atoms with Gasteiger partial charge in [-0.1, -0.05) is 36.4 Å². The second kappa shape index (κ2) is 11.4. The molecule has 0 aliphatic rings. The number of hydrogen-bond acceptors (Lipinski definition) is 4. The van der Waals surface area contributed by atoms with E-state index in [1.165, 1.54) is 0 Å². The number of aliphatic imine (C=N–C) groups is 1. The number of nitrogens with zero attached hydrogens (tertiary/aromatic N) is 5. The molecule has 2 heterocycles. The molecule has 7 nitrogen and oxygen atoms in total. The summed E-state index contributed by atoms with van der Waals surface area (Å²) in [7, 11) is 1.96. The molecule has 0 amide bonds. The van der Waals surface area contributed by atoms with Crippen LogP contribution >= 0.6 is 24.0 Å². The van der Waals surface area contributed by atoms with Gasteiger partial charge in [-0.3, -0.25) is 4.98 Å². The fraction of sp³-hybridized carbons (Fsp3) is 0.300. The summed E-state index contributed by atoms with van der Waals surface area (Å²) in [5.74, 6) is 2.50. The minimum atomic E-state index is 0. The third-order valence-electron chi connectivity index (χ3n) is 4.26. The summed E-state index contributed by atoms with van der Waals surface area (Å²) in [6, 6.07) is 16.1. The van der Waals surface area contributed by atoms with E-state index >= 15 is 0 Å². The fourth-order valence-electron chi connectivity index (χ4n) is 2.55. The van der Waals surface area contributed by atoms with Crippen LogP contribution in [-0.2, 0) is 26.6 Å². The number of aromatic nitrogens is 4. The van der Waals surface area contributed by atoms with E-state index < -0.39 is 0 Å². The Hall–Kier alpha value is -2.49. The van der Waals surface area contributed by atoms with E-state index in [9.17, 15) is 0 Å². The molecule has 0 aliphatic heterocycles. The molecule has 1 aromatic carbocycles. The van der Waals surface area contributed by atoms with Crippen LogP contribution in [0, 0.1) is 6.92 Å². The van der Waals surface area contributed by atoms with Crippen LogP contribution in [0.25, 0.3) is 0 Å². The van der Waals surface area contributed by atoms with E-state index in [4.69, 9.17) is 4.99 Å². The first-order valence-corrected chi connectivity index (χ1v) is 9.03. The molecule has 148 valence electrons. The second-order valence-corrected chi connectivity index (χ2v) is 6.22. The molecule has 0 saturated carbocycles. The third kappa shape index (κ3) is 6.59. The summed E-state index contributed by atoms with van der Waals surface area (Å²) in [5.41, 5.74) is 2.22. The monoisotopic (exact) mass is 491 g/mol. The van der Waals surface area contributed by atoms with Gasteiger partial charge in [0.05, 0.1) is 13.1 Å². The third-order valence-corrected chi connectivity index (χ3v) is 4.26. The van der Waals surface area contributed by atoms with Crippen LogP contribution in [0.1, 0.15) is 22.9 Å². The van der Waals surface area contributed by atoms with E-state index in [0.29, 0.717) is 13.1 Å². The average Bonchev–Trinajstić information content (AvgIpc) is 3.03. The Kier molecular flexibility index (Phi) is 8.86. The number of hydrogen-bond donors (Lipinski definition) is 2. The molecule has 0 radical (unpaired) electrons. The van der Waals surface area contributed by atoms with Gasteiger partial charge in [0, 0.05) is 31.9 Å². The largest absolute Gasteiger partial charge is 0.356 e. The molecule has 0 fully saturated rings.